The van der Waals surface area contributed by atoms with Crippen LogP contribution in [0.25, 0.3) is 10.9 Å². The number of aromatic amines is 1. The number of fused-ring (bicyclic) bond motifs is 2. The van der Waals surface area contributed by atoms with Gasteiger partial charge in [0.25, 0.3) is 0 Å². The minimum atomic E-state index is -4.54. The Labute approximate surface area is 116 Å². The first kappa shape index (κ1) is 13.4. The van der Waals surface area contributed by atoms with Crippen molar-refractivity contribution in [2.24, 2.45) is 0 Å². The summed E-state index contributed by atoms with van der Waals surface area (Å²) in [7, 11) is 1.85. The van der Waals surface area contributed by atoms with Gasteiger partial charge in [0.05, 0.1) is 16.8 Å². The molecule has 0 unspecified atom stereocenters. The molecular formula is C13H11F3N2OS. The van der Waals surface area contributed by atoms with E-state index >= 15 is 0 Å². The van der Waals surface area contributed by atoms with E-state index in [1.807, 2.05) is 11.9 Å². The lowest BCUT2D eigenvalue weighted by atomic mass is 10.1. The lowest BCUT2D eigenvalue weighted by molar-refractivity contribution is -0.136. The minimum Gasteiger partial charge on any atom is -0.373 e. The van der Waals surface area contributed by atoms with Crippen LogP contribution in [-0.2, 0) is 6.18 Å². The fourth-order valence-electron chi connectivity index (χ4n) is 2.33. The molecule has 0 saturated heterocycles. The molecule has 0 atom stereocenters. The molecule has 3 rings (SSSR count). The second-order valence-corrected chi connectivity index (χ2v) is 5.82. The molecule has 1 aromatic heterocycles. The Morgan fingerprint density at radius 2 is 2.05 bits per heavy atom. The van der Waals surface area contributed by atoms with Crippen molar-refractivity contribution < 1.29 is 13.2 Å². The first-order valence-electron chi connectivity index (χ1n) is 5.98. The van der Waals surface area contributed by atoms with Gasteiger partial charge in [-0.2, -0.15) is 13.2 Å². The topological polar surface area (TPSA) is 36.1 Å². The number of alkyl halides is 3. The summed E-state index contributed by atoms with van der Waals surface area (Å²) in [6.45, 7) is 0.786. The first-order valence-corrected chi connectivity index (χ1v) is 6.97. The van der Waals surface area contributed by atoms with Gasteiger partial charge in [-0.1, -0.05) is 0 Å². The third kappa shape index (κ3) is 2.15. The molecule has 20 heavy (non-hydrogen) atoms. The Kier molecular flexibility index (Phi) is 2.97. The molecule has 0 amide bonds. The van der Waals surface area contributed by atoms with Gasteiger partial charge in [0.2, 0.25) is 5.56 Å². The maximum atomic E-state index is 13.1. The van der Waals surface area contributed by atoms with E-state index in [-0.39, 0.29) is 10.9 Å². The van der Waals surface area contributed by atoms with Crippen LogP contribution in [0.3, 0.4) is 0 Å². The highest BCUT2D eigenvalue weighted by molar-refractivity contribution is 7.99. The van der Waals surface area contributed by atoms with Crippen LogP contribution in [0.4, 0.5) is 18.9 Å². The maximum Gasteiger partial charge on any atom is 0.417 e. The molecule has 7 heteroatoms. The number of nitrogens with zero attached hydrogens (tertiary/aromatic N) is 1. The average Bonchev–Trinajstić information content (AvgIpc) is 2.35. The highest BCUT2D eigenvalue weighted by Crippen LogP contribution is 2.40. The van der Waals surface area contributed by atoms with Crippen molar-refractivity contribution in [3.05, 3.63) is 34.1 Å². The van der Waals surface area contributed by atoms with Crippen LogP contribution < -0.4 is 10.5 Å². The SMILES string of the molecule is CN1CCSc2cc3[nH]c(=O)cc(C(F)(F)F)c3cc21. The molecule has 1 aliphatic heterocycles. The van der Waals surface area contributed by atoms with Crippen molar-refractivity contribution in [2.75, 3.05) is 24.2 Å². The number of benzene rings is 1. The van der Waals surface area contributed by atoms with Gasteiger partial charge in [-0.05, 0) is 12.1 Å². The van der Waals surface area contributed by atoms with Gasteiger partial charge in [0.15, 0.2) is 0 Å². The molecular weight excluding hydrogens is 289 g/mol. The van der Waals surface area contributed by atoms with Crippen molar-refractivity contribution in [3.63, 3.8) is 0 Å². The molecule has 1 aromatic carbocycles. The zero-order valence-electron chi connectivity index (χ0n) is 10.5. The normalized spacial score (nSPS) is 15.5. The molecule has 0 fully saturated rings. The lowest BCUT2D eigenvalue weighted by Crippen LogP contribution is -2.24. The highest BCUT2D eigenvalue weighted by Gasteiger charge is 2.33. The van der Waals surface area contributed by atoms with Crippen LogP contribution in [-0.4, -0.2) is 24.3 Å². The molecule has 2 heterocycles. The summed E-state index contributed by atoms with van der Waals surface area (Å²) in [6, 6.07) is 3.75. The average molecular weight is 300 g/mol. The van der Waals surface area contributed by atoms with Crippen LogP contribution in [0, 0.1) is 0 Å². The number of aromatic nitrogens is 1. The quantitative estimate of drug-likeness (QED) is 0.812. The summed E-state index contributed by atoms with van der Waals surface area (Å²) in [5.41, 5.74) is -0.625. The van der Waals surface area contributed by atoms with Crippen molar-refractivity contribution >= 4 is 28.4 Å². The van der Waals surface area contributed by atoms with Crippen LogP contribution >= 0.6 is 11.8 Å². The van der Waals surface area contributed by atoms with Crippen molar-refractivity contribution in [1.29, 1.82) is 0 Å². The lowest BCUT2D eigenvalue weighted by Gasteiger charge is -2.27. The van der Waals surface area contributed by atoms with Crippen molar-refractivity contribution in [3.8, 4) is 0 Å². The number of anilines is 1. The molecule has 0 aliphatic carbocycles. The van der Waals surface area contributed by atoms with Gasteiger partial charge in [0.1, 0.15) is 0 Å². The Hall–Kier alpha value is -1.63. The summed E-state index contributed by atoms with van der Waals surface area (Å²) in [4.78, 5) is 16.7. The van der Waals surface area contributed by atoms with Crippen LogP contribution in [0.5, 0.6) is 0 Å². The van der Waals surface area contributed by atoms with E-state index in [4.69, 9.17) is 0 Å². The number of thioether (sulfide) groups is 1. The van der Waals surface area contributed by atoms with Crippen LogP contribution in [0.15, 0.2) is 27.9 Å². The van der Waals surface area contributed by atoms with E-state index in [1.165, 1.54) is 6.07 Å². The molecule has 3 nitrogen and oxygen atoms in total. The Morgan fingerprint density at radius 1 is 1.30 bits per heavy atom. The standard InChI is InChI=1S/C13H11F3N2OS/c1-18-2-3-20-11-6-9-7(4-10(11)18)8(13(14,15)16)5-12(19)17-9/h4-6H,2-3H2,1H3,(H,17,19). The zero-order chi connectivity index (χ0) is 14.5. The largest absolute Gasteiger partial charge is 0.417 e. The molecule has 106 valence electrons. The predicted octanol–water partition coefficient (Wildman–Crippen LogP) is 3.09. The summed E-state index contributed by atoms with van der Waals surface area (Å²) >= 11 is 1.58. The number of rotatable bonds is 0. The zero-order valence-corrected chi connectivity index (χ0v) is 11.4. The fourth-order valence-corrected chi connectivity index (χ4v) is 3.48. The van der Waals surface area contributed by atoms with Crippen molar-refractivity contribution in [2.45, 2.75) is 11.1 Å². The van der Waals surface area contributed by atoms with Crippen molar-refractivity contribution in [1.82, 2.24) is 4.98 Å². The molecule has 0 radical (unpaired) electrons. The number of halogens is 3. The van der Waals surface area contributed by atoms with E-state index in [9.17, 15) is 18.0 Å². The number of hydrogen-bond donors (Lipinski definition) is 1. The van der Waals surface area contributed by atoms with Gasteiger partial charge in [-0.15, -0.1) is 11.8 Å². The monoisotopic (exact) mass is 300 g/mol. The maximum absolute atomic E-state index is 13.1. The second kappa shape index (κ2) is 4.44. The summed E-state index contributed by atoms with van der Waals surface area (Å²) < 4.78 is 39.2. The van der Waals surface area contributed by atoms with Gasteiger partial charge < -0.3 is 9.88 Å². The smallest absolute Gasteiger partial charge is 0.373 e. The Bertz CT molecular complexity index is 739. The second-order valence-electron chi connectivity index (χ2n) is 4.68. The molecule has 1 N–H and O–H groups in total. The summed E-state index contributed by atoms with van der Waals surface area (Å²) in [6.07, 6.45) is -4.54. The molecule has 0 spiro atoms. The van der Waals surface area contributed by atoms with Gasteiger partial charge in [-0.25, -0.2) is 0 Å². The van der Waals surface area contributed by atoms with E-state index in [2.05, 4.69) is 4.98 Å². The van der Waals surface area contributed by atoms with E-state index in [0.29, 0.717) is 6.07 Å². The summed E-state index contributed by atoms with van der Waals surface area (Å²) in [5, 5.41) is 0.0326. The first-order chi connectivity index (χ1) is 9.36. The Morgan fingerprint density at radius 3 is 2.75 bits per heavy atom. The molecule has 0 bridgehead atoms. The van der Waals surface area contributed by atoms with Gasteiger partial charge >= 0.3 is 6.18 Å². The van der Waals surface area contributed by atoms with Gasteiger partial charge in [-0.3, -0.25) is 4.79 Å². The third-order valence-electron chi connectivity index (χ3n) is 3.32. The van der Waals surface area contributed by atoms with E-state index in [1.54, 1.807) is 17.8 Å². The number of hydrogen-bond acceptors (Lipinski definition) is 3. The predicted molar refractivity (Wildman–Crippen MR) is 73.6 cm³/mol. The molecule has 0 saturated carbocycles. The van der Waals surface area contributed by atoms with E-state index in [0.717, 1.165) is 22.9 Å². The number of pyridine rings is 1. The molecule has 2 aromatic rings. The van der Waals surface area contributed by atoms with Crippen LogP contribution in [0.2, 0.25) is 0 Å². The highest BCUT2D eigenvalue weighted by atomic mass is 32.2. The fraction of sp³-hybridized carbons (Fsp3) is 0.308. The van der Waals surface area contributed by atoms with E-state index < -0.39 is 17.3 Å². The van der Waals surface area contributed by atoms with Gasteiger partial charge in [0, 0.05) is 35.7 Å². The third-order valence-corrected chi connectivity index (χ3v) is 4.35. The number of nitrogens with one attached hydrogen (secondary N) is 1. The number of H-pyrrole nitrogens is 1. The van der Waals surface area contributed by atoms with Crippen LogP contribution in [0.1, 0.15) is 5.56 Å². The molecule has 1 aliphatic rings. The summed E-state index contributed by atoms with van der Waals surface area (Å²) in [5.74, 6) is 0.873. The Balaban J connectivity index is 2.36. The minimum absolute atomic E-state index is 0.0326.